The van der Waals surface area contributed by atoms with Gasteiger partial charge in [0.2, 0.25) is 0 Å². The third kappa shape index (κ3) is 6.25. The molecule has 0 fully saturated rings. The van der Waals surface area contributed by atoms with Gasteiger partial charge in [0.15, 0.2) is 0 Å². The topological polar surface area (TPSA) is 6.48 Å². The van der Waals surface area contributed by atoms with E-state index in [4.69, 9.17) is 0 Å². The van der Waals surface area contributed by atoms with Crippen LogP contribution in [-0.4, -0.2) is 6.71 Å². The van der Waals surface area contributed by atoms with Crippen LogP contribution >= 0.6 is 11.3 Å². The van der Waals surface area contributed by atoms with Crippen LogP contribution in [0, 0.1) is 27.7 Å². The predicted octanol–water partition coefficient (Wildman–Crippen LogP) is 14.8. The third-order valence-electron chi connectivity index (χ3n) is 14.9. The van der Waals surface area contributed by atoms with E-state index in [1.807, 2.05) is 11.3 Å². The molecular formula is C58H63BN2S. The van der Waals surface area contributed by atoms with Gasteiger partial charge in [0, 0.05) is 43.3 Å². The van der Waals surface area contributed by atoms with Crippen molar-refractivity contribution in [2.45, 2.75) is 131 Å². The minimum atomic E-state index is 0.0249. The number of aryl methyl sites for hydroxylation is 4. The lowest BCUT2D eigenvalue weighted by atomic mass is 9.35. The summed E-state index contributed by atoms with van der Waals surface area (Å²) < 4.78 is 2.80. The van der Waals surface area contributed by atoms with E-state index in [-0.39, 0.29) is 28.4 Å². The molecule has 0 bridgehead atoms. The molecule has 2 aliphatic heterocycles. The van der Waals surface area contributed by atoms with Crippen molar-refractivity contribution in [3.63, 3.8) is 0 Å². The number of fused-ring (bicyclic) bond motifs is 7. The fraction of sp³-hybridized carbons (Fsp3) is 0.345. The molecule has 0 spiro atoms. The monoisotopic (exact) mass is 830 g/mol. The largest absolute Gasteiger partial charge is 0.311 e. The van der Waals surface area contributed by atoms with Crippen LogP contribution in [0.15, 0.2) is 103 Å². The molecule has 0 radical (unpaired) electrons. The van der Waals surface area contributed by atoms with Crippen molar-refractivity contribution >= 4 is 78.0 Å². The van der Waals surface area contributed by atoms with Gasteiger partial charge in [-0.25, -0.2) is 0 Å². The van der Waals surface area contributed by atoms with Crippen molar-refractivity contribution in [3.8, 4) is 11.1 Å². The van der Waals surface area contributed by atoms with Gasteiger partial charge >= 0.3 is 0 Å². The predicted molar refractivity (Wildman–Crippen MR) is 273 cm³/mol. The Bertz CT molecular complexity index is 2960. The van der Waals surface area contributed by atoms with E-state index in [9.17, 15) is 0 Å². The van der Waals surface area contributed by atoms with E-state index >= 15 is 0 Å². The number of thiophene rings is 1. The first-order chi connectivity index (χ1) is 29.1. The summed E-state index contributed by atoms with van der Waals surface area (Å²) in [5, 5.41) is 1.35. The fourth-order valence-corrected chi connectivity index (χ4v) is 12.4. The first-order valence-corrected chi connectivity index (χ1v) is 23.7. The third-order valence-corrected chi connectivity index (χ3v) is 16.1. The minimum absolute atomic E-state index is 0.0249. The van der Waals surface area contributed by atoms with Crippen LogP contribution in [0.4, 0.5) is 34.1 Å². The summed E-state index contributed by atoms with van der Waals surface area (Å²) in [5.74, 6) is 0. The normalized spacial score (nSPS) is 16.3. The Balaban J connectivity index is 1.34. The van der Waals surface area contributed by atoms with E-state index in [1.165, 1.54) is 128 Å². The molecule has 7 aromatic rings. The van der Waals surface area contributed by atoms with Crippen LogP contribution < -0.4 is 25.5 Å². The van der Waals surface area contributed by atoms with Crippen molar-refractivity contribution in [1.29, 1.82) is 0 Å². The molecule has 314 valence electrons. The summed E-state index contributed by atoms with van der Waals surface area (Å²) in [5.41, 5.74) is 24.3. The first kappa shape index (κ1) is 41.0. The fourth-order valence-electron chi connectivity index (χ4n) is 11.1. The Labute approximate surface area is 376 Å². The highest BCUT2D eigenvalue weighted by molar-refractivity contribution is 7.33. The van der Waals surface area contributed by atoms with Crippen LogP contribution in [-0.2, 0) is 21.7 Å². The van der Waals surface area contributed by atoms with E-state index in [2.05, 4.69) is 210 Å². The molecular weight excluding hydrogens is 768 g/mol. The lowest BCUT2D eigenvalue weighted by molar-refractivity contribution is 0.332. The van der Waals surface area contributed by atoms with E-state index in [0.717, 1.165) is 0 Å². The second kappa shape index (κ2) is 13.7. The average molecular weight is 831 g/mol. The number of nitrogens with zero attached hydrogens (tertiary/aromatic N) is 2. The van der Waals surface area contributed by atoms with Crippen molar-refractivity contribution in [2.75, 3.05) is 9.80 Å². The van der Waals surface area contributed by atoms with Gasteiger partial charge < -0.3 is 9.80 Å². The van der Waals surface area contributed by atoms with Crippen molar-refractivity contribution in [3.05, 3.63) is 148 Å². The number of hydrogen-bond acceptors (Lipinski definition) is 3. The van der Waals surface area contributed by atoms with E-state index < -0.39 is 0 Å². The second-order valence-corrected chi connectivity index (χ2v) is 23.5. The molecule has 1 aromatic heterocycles. The molecule has 0 N–H and O–H groups in total. The maximum Gasteiger partial charge on any atom is 0.264 e. The van der Waals surface area contributed by atoms with Crippen LogP contribution in [0.5, 0.6) is 0 Å². The zero-order valence-corrected chi connectivity index (χ0v) is 40.4. The molecule has 2 nitrogen and oxygen atoms in total. The Kier molecular flexibility index (Phi) is 9.07. The van der Waals surface area contributed by atoms with Crippen molar-refractivity contribution in [2.24, 2.45) is 0 Å². The van der Waals surface area contributed by atoms with Crippen LogP contribution in [0.25, 0.3) is 21.2 Å². The second-order valence-electron chi connectivity index (χ2n) is 22.4. The zero-order chi connectivity index (χ0) is 44.0. The maximum atomic E-state index is 2.68. The molecule has 6 aromatic carbocycles. The van der Waals surface area contributed by atoms with Gasteiger partial charge in [-0.1, -0.05) is 124 Å². The maximum absolute atomic E-state index is 2.68. The Morgan fingerprint density at radius 3 is 1.79 bits per heavy atom. The lowest BCUT2D eigenvalue weighted by Gasteiger charge is -2.47. The molecule has 0 saturated heterocycles. The highest BCUT2D eigenvalue weighted by atomic mass is 32.1. The summed E-state index contributed by atoms with van der Waals surface area (Å²) in [6, 6.07) is 41.0. The summed E-state index contributed by atoms with van der Waals surface area (Å²) >= 11 is 2.01. The quantitative estimate of drug-likeness (QED) is 0.164. The van der Waals surface area contributed by atoms with Crippen LogP contribution in [0.3, 0.4) is 0 Å². The number of anilines is 6. The molecule has 0 saturated carbocycles. The van der Waals surface area contributed by atoms with Gasteiger partial charge in [0.1, 0.15) is 0 Å². The summed E-state index contributed by atoms with van der Waals surface area (Å²) in [7, 11) is 0. The molecule has 3 heterocycles. The first-order valence-electron chi connectivity index (χ1n) is 22.9. The highest BCUT2D eigenvalue weighted by Crippen LogP contribution is 2.53. The van der Waals surface area contributed by atoms with Crippen molar-refractivity contribution in [1.82, 2.24) is 0 Å². The molecule has 62 heavy (non-hydrogen) atoms. The van der Waals surface area contributed by atoms with E-state index in [0.29, 0.717) is 0 Å². The summed E-state index contributed by atoms with van der Waals surface area (Å²) in [6.07, 6.45) is 2.36. The zero-order valence-electron chi connectivity index (χ0n) is 39.6. The Hall–Kier alpha value is -5.06. The lowest BCUT2D eigenvalue weighted by Crippen LogP contribution is -2.61. The summed E-state index contributed by atoms with van der Waals surface area (Å²) in [4.78, 5) is 5.32. The molecule has 0 unspecified atom stereocenters. The Morgan fingerprint density at radius 2 is 1.16 bits per heavy atom. The van der Waals surface area contributed by atoms with Crippen LogP contribution in [0.1, 0.15) is 127 Å². The highest BCUT2D eigenvalue weighted by Gasteiger charge is 2.48. The van der Waals surface area contributed by atoms with Gasteiger partial charge in [-0.15, -0.1) is 11.3 Å². The number of hydrogen-bond donors (Lipinski definition) is 0. The SMILES string of the molecule is Cc1cc2c3c(c1)N(c1ccc(C(C)(C)C)cc1)c1c(sc4ccc(C(C)(C)C)cc14)B3c1cc3c(cc1N2c1cc(-c2c(C)cccc2C)ccc1C)C(C)(C)CCC3(C)C. The van der Waals surface area contributed by atoms with Gasteiger partial charge in [0.25, 0.3) is 6.71 Å². The molecule has 10 rings (SSSR count). The molecule has 3 aliphatic rings. The van der Waals surface area contributed by atoms with Gasteiger partial charge in [-0.05, 0) is 177 Å². The molecule has 0 amide bonds. The average Bonchev–Trinajstić information content (AvgIpc) is 3.58. The minimum Gasteiger partial charge on any atom is -0.311 e. The summed E-state index contributed by atoms with van der Waals surface area (Å²) in [6.45, 7) is 33.1. The van der Waals surface area contributed by atoms with Crippen molar-refractivity contribution < 1.29 is 0 Å². The molecule has 1 aliphatic carbocycles. The molecule has 0 atom stereocenters. The Morgan fingerprint density at radius 1 is 0.565 bits per heavy atom. The number of rotatable bonds is 3. The standard InChI is InChI=1S/C58H63BN2S/c1-34-28-48-52-49(29-34)61(46-30-38(19-18-35(46)2)51-36(3)16-15-17-37(51)4)47-33-44-43(57(11,12)26-27-58(44,13)14)32-45(47)59(52)54-53(42-31-40(56(8,9)10)22-25-50(42)62-54)60(48)41-23-20-39(21-24-41)55(5,6)7/h15-25,28-33H,26-27H2,1-14H3. The van der Waals surface area contributed by atoms with Gasteiger partial charge in [-0.2, -0.15) is 0 Å². The number of benzene rings is 6. The molecule has 4 heteroatoms. The van der Waals surface area contributed by atoms with Gasteiger partial charge in [0.05, 0.1) is 5.69 Å². The van der Waals surface area contributed by atoms with E-state index in [1.54, 1.807) is 0 Å². The van der Waals surface area contributed by atoms with Gasteiger partial charge in [-0.3, -0.25) is 0 Å². The smallest absolute Gasteiger partial charge is 0.264 e. The van der Waals surface area contributed by atoms with Crippen LogP contribution in [0.2, 0.25) is 0 Å².